The lowest BCUT2D eigenvalue weighted by atomic mass is 10.1. The number of nitrogens with zero attached hydrogens (tertiary/aromatic N) is 4. The number of benzene rings is 1. The number of alkyl halides is 2. The lowest BCUT2D eigenvalue weighted by Gasteiger charge is -2.16. The molecule has 0 amide bonds. The fraction of sp³-hybridized carbons (Fsp3) is 0.0625. The Kier molecular flexibility index (Phi) is 3.99. The van der Waals surface area contributed by atoms with Crippen molar-refractivity contribution in [2.75, 3.05) is 0 Å². The molecule has 0 spiro atoms. The number of allylic oxidation sites excluding steroid dienone is 1. The summed E-state index contributed by atoms with van der Waals surface area (Å²) >= 11 is 2.89. The molecule has 0 fully saturated rings. The van der Waals surface area contributed by atoms with Crippen LogP contribution in [0.1, 0.15) is 22.7 Å². The average Bonchev–Trinajstić information content (AvgIpc) is 3.24. The lowest BCUT2D eigenvalue weighted by Crippen LogP contribution is -2.13. The van der Waals surface area contributed by atoms with Crippen LogP contribution in [0.3, 0.4) is 0 Å². The maximum Gasteiger partial charge on any atom is 0.299 e. The Morgan fingerprint density at radius 3 is 2.58 bits per heavy atom. The van der Waals surface area contributed by atoms with Gasteiger partial charge in [0, 0.05) is 15.3 Å². The summed E-state index contributed by atoms with van der Waals surface area (Å²) in [6.45, 7) is 0. The number of hydrogen-bond acceptors (Lipinski definition) is 5. The van der Waals surface area contributed by atoms with Gasteiger partial charge in [-0.25, -0.2) is 8.78 Å². The second-order valence-electron chi connectivity index (χ2n) is 4.89. The molecule has 3 heterocycles. The first-order valence-electron chi connectivity index (χ1n) is 7.03. The third-order valence-corrected chi connectivity index (χ3v) is 5.12. The van der Waals surface area contributed by atoms with E-state index in [-0.39, 0.29) is 0 Å². The molecule has 0 saturated heterocycles. The van der Waals surface area contributed by atoms with Crippen LogP contribution in [0, 0.1) is 0 Å². The first-order valence-corrected chi connectivity index (χ1v) is 8.73. The van der Waals surface area contributed by atoms with E-state index in [1.165, 1.54) is 11.8 Å². The maximum atomic E-state index is 13.1. The molecule has 1 aliphatic rings. The van der Waals surface area contributed by atoms with Crippen LogP contribution in [0.25, 0.3) is 6.08 Å². The number of rotatable bonds is 3. The third-order valence-electron chi connectivity index (χ3n) is 3.33. The van der Waals surface area contributed by atoms with E-state index in [2.05, 4.69) is 15.3 Å². The highest BCUT2D eigenvalue weighted by molar-refractivity contribution is 8.04. The van der Waals surface area contributed by atoms with Gasteiger partial charge in [0.15, 0.2) is 0 Å². The van der Waals surface area contributed by atoms with Crippen LogP contribution in [0.2, 0.25) is 0 Å². The van der Waals surface area contributed by atoms with E-state index in [9.17, 15) is 8.78 Å². The van der Waals surface area contributed by atoms with Crippen LogP contribution in [0.15, 0.2) is 63.0 Å². The molecule has 0 N–H and O–H groups in total. The number of halogens is 2. The minimum atomic E-state index is -2.73. The average molecular weight is 360 g/mol. The Morgan fingerprint density at radius 2 is 1.88 bits per heavy atom. The lowest BCUT2D eigenvalue weighted by molar-refractivity contribution is 0.135. The summed E-state index contributed by atoms with van der Waals surface area (Å²) in [6, 6.07) is 13.4. The highest BCUT2D eigenvalue weighted by atomic mass is 32.2. The van der Waals surface area contributed by atoms with E-state index in [1.54, 1.807) is 11.3 Å². The SMILES string of the molecule is FC(F)c1nnc2n1N=C(c1ccccc1)/C(=C\c1cccs1)S2. The van der Waals surface area contributed by atoms with Crippen molar-refractivity contribution in [3.8, 4) is 0 Å². The number of aromatic nitrogens is 3. The van der Waals surface area contributed by atoms with Crippen LogP contribution in [0.4, 0.5) is 8.78 Å². The van der Waals surface area contributed by atoms with Crippen LogP contribution >= 0.6 is 23.1 Å². The van der Waals surface area contributed by atoms with Gasteiger partial charge in [-0.1, -0.05) is 36.4 Å². The van der Waals surface area contributed by atoms with Crippen LogP contribution in [-0.2, 0) is 0 Å². The quantitative estimate of drug-likeness (QED) is 0.681. The van der Waals surface area contributed by atoms with Crippen LogP contribution < -0.4 is 0 Å². The number of thioether (sulfide) groups is 1. The number of fused-ring (bicyclic) bond motifs is 1. The topological polar surface area (TPSA) is 43.1 Å². The molecule has 2 aromatic heterocycles. The van der Waals surface area contributed by atoms with Crippen LogP contribution in [-0.4, -0.2) is 20.6 Å². The minimum absolute atomic E-state index is 0.341. The predicted octanol–water partition coefficient (Wildman–Crippen LogP) is 4.68. The summed E-state index contributed by atoms with van der Waals surface area (Å²) in [5.41, 5.74) is 1.48. The molecule has 24 heavy (non-hydrogen) atoms. The number of hydrogen-bond donors (Lipinski definition) is 0. The molecule has 0 aliphatic carbocycles. The zero-order valence-corrected chi connectivity index (χ0v) is 13.8. The molecule has 8 heteroatoms. The van der Waals surface area contributed by atoms with E-state index in [0.29, 0.717) is 10.9 Å². The van der Waals surface area contributed by atoms with Crippen molar-refractivity contribution >= 4 is 34.9 Å². The van der Waals surface area contributed by atoms with Gasteiger partial charge in [0.25, 0.3) is 6.43 Å². The monoisotopic (exact) mass is 360 g/mol. The Bertz CT molecular complexity index is 915. The standard InChI is InChI=1S/C16H10F2N4S2/c17-14(18)15-19-20-16-22(15)21-13(10-5-2-1-3-6-10)12(24-16)9-11-7-4-8-23-11/h1-9,14H/b12-9+. The molecule has 4 rings (SSSR count). The van der Waals surface area contributed by atoms with Gasteiger partial charge >= 0.3 is 0 Å². The molecule has 4 nitrogen and oxygen atoms in total. The largest absolute Gasteiger partial charge is 0.299 e. The fourth-order valence-electron chi connectivity index (χ4n) is 2.26. The van der Waals surface area contributed by atoms with Crippen LogP contribution in [0.5, 0.6) is 0 Å². The fourth-order valence-corrected chi connectivity index (χ4v) is 3.94. The van der Waals surface area contributed by atoms with Crippen molar-refractivity contribution < 1.29 is 8.78 Å². The van der Waals surface area contributed by atoms with Gasteiger partial charge < -0.3 is 0 Å². The van der Waals surface area contributed by atoms with Gasteiger partial charge in [-0.05, 0) is 29.3 Å². The Morgan fingerprint density at radius 1 is 1.04 bits per heavy atom. The molecule has 0 saturated carbocycles. The molecule has 0 atom stereocenters. The summed E-state index contributed by atoms with van der Waals surface area (Å²) in [7, 11) is 0. The first-order chi connectivity index (χ1) is 11.7. The van der Waals surface area contributed by atoms with E-state index < -0.39 is 12.2 Å². The highest BCUT2D eigenvalue weighted by Crippen LogP contribution is 2.36. The molecule has 3 aromatic rings. The first kappa shape index (κ1) is 15.2. The highest BCUT2D eigenvalue weighted by Gasteiger charge is 2.27. The van der Waals surface area contributed by atoms with E-state index in [0.717, 1.165) is 20.0 Å². The zero-order chi connectivity index (χ0) is 16.5. The predicted molar refractivity (Wildman–Crippen MR) is 91.5 cm³/mol. The molecule has 1 aromatic carbocycles. The minimum Gasteiger partial charge on any atom is -0.201 e. The van der Waals surface area contributed by atoms with Gasteiger partial charge in [0.2, 0.25) is 11.0 Å². The summed E-state index contributed by atoms with van der Waals surface area (Å²) in [5, 5.41) is 14.1. The second kappa shape index (κ2) is 6.29. The number of thiophene rings is 1. The van der Waals surface area contributed by atoms with E-state index >= 15 is 0 Å². The Labute approximate surface area is 144 Å². The van der Waals surface area contributed by atoms with Crippen molar-refractivity contribution in [2.45, 2.75) is 11.6 Å². The van der Waals surface area contributed by atoms with Gasteiger partial charge in [-0.2, -0.15) is 9.78 Å². The molecule has 1 aliphatic heterocycles. The van der Waals surface area contributed by atoms with Gasteiger partial charge in [0.05, 0.1) is 0 Å². The molecular formula is C16H10F2N4S2. The smallest absolute Gasteiger partial charge is 0.201 e. The van der Waals surface area contributed by atoms with E-state index in [1.807, 2.05) is 53.9 Å². The molecular weight excluding hydrogens is 350 g/mol. The zero-order valence-electron chi connectivity index (χ0n) is 12.1. The van der Waals surface area contributed by atoms with Gasteiger partial charge in [0.1, 0.15) is 5.71 Å². The van der Waals surface area contributed by atoms with Gasteiger partial charge in [-0.3, -0.25) is 0 Å². The van der Waals surface area contributed by atoms with E-state index in [4.69, 9.17) is 0 Å². The third kappa shape index (κ3) is 2.78. The molecule has 0 radical (unpaired) electrons. The van der Waals surface area contributed by atoms with Crippen molar-refractivity contribution in [1.29, 1.82) is 0 Å². The molecule has 120 valence electrons. The summed E-state index contributed by atoms with van der Waals surface area (Å²) in [6.07, 6.45) is -0.739. The summed E-state index contributed by atoms with van der Waals surface area (Å²) in [5.74, 6) is -0.443. The van der Waals surface area contributed by atoms with Crippen molar-refractivity contribution in [3.05, 3.63) is 69.0 Å². The Hall–Kier alpha value is -2.32. The van der Waals surface area contributed by atoms with Crippen molar-refractivity contribution in [3.63, 3.8) is 0 Å². The van der Waals surface area contributed by atoms with Crippen molar-refractivity contribution in [2.24, 2.45) is 5.10 Å². The maximum absolute atomic E-state index is 13.1. The molecule has 0 bridgehead atoms. The van der Waals surface area contributed by atoms with Crippen molar-refractivity contribution in [1.82, 2.24) is 14.9 Å². The summed E-state index contributed by atoms with van der Waals surface area (Å²) < 4.78 is 27.3. The Balaban J connectivity index is 1.87. The molecule has 0 unspecified atom stereocenters. The summed E-state index contributed by atoms with van der Waals surface area (Å²) in [4.78, 5) is 1.91. The van der Waals surface area contributed by atoms with Gasteiger partial charge in [-0.15, -0.1) is 21.5 Å². The second-order valence-corrected chi connectivity index (χ2v) is 6.88. The normalized spacial score (nSPS) is 15.6.